The minimum absolute atomic E-state index is 0.0645. The molecular formula is C19H22N2O4. The van der Waals surface area contributed by atoms with Crippen LogP contribution in [0.2, 0.25) is 0 Å². The van der Waals surface area contributed by atoms with Crippen molar-refractivity contribution in [2.75, 3.05) is 13.2 Å². The lowest BCUT2D eigenvalue weighted by atomic mass is 10.2. The fraction of sp³-hybridized carbons (Fsp3) is 0.368. The zero-order valence-electron chi connectivity index (χ0n) is 14.2. The highest BCUT2D eigenvalue weighted by Gasteiger charge is 2.34. The van der Waals surface area contributed by atoms with E-state index in [9.17, 15) is 9.59 Å². The molecule has 2 amide bonds. The van der Waals surface area contributed by atoms with Crippen LogP contribution in [-0.2, 0) is 16.1 Å². The zero-order valence-corrected chi connectivity index (χ0v) is 14.2. The predicted octanol–water partition coefficient (Wildman–Crippen LogP) is 2.27. The molecule has 1 aliphatic rings. The number of rotatable bonds is 6. The molecule has 0 unspecified atom stereocenters. The molecule has 2 heterocycles. The number of hydrogen-bond acceptors (Lipinski definition) is 4. The van der Waals surface area contributed by atoms with E-state index in [0.717, 1.165) is 12.0 Å². The summed E-state index contributed by atoms with van der Waals surface area (Å²) < 4.78 is 10.7. The summed E-state index contributed by atoms with van der Waals surface area (Å²) in [5.74, 6) is 1.01. The molecule has 132 valence electrons. The second-order valence-electron chi connectivity index (χ2n) is 6.14. The van der Waals surface area contributed by atoms with Crippen LogP contribution in [0, 0.1) is 6.92 Å². The number of ether oxygens (including phenoxy) is 1. The van der Waals surface area contributed by atoms with E-state index in [1.807, 2.05) is 31.2 Å². The van der Waals surface area contributed by atoms with Gasteiger partial charge in [0.05, 0.1) is 12.8 Å². The zero-order chi connectivity index (χ0) is 17.6. The van der Waals surface area contributed by atoms with Gasteiger partial charge in [0.1, 0.15) is 17.6 Å². The quantitative estimate of drug-likeness (QED) is 0.874. The molecule has 1 N–H and O–H groups in total. The van der Waals surface area contributed by atoms with Crippen LogP contribution in [0.15, 0.2) is 47.1 Å². The van der Waals surface area contributed by atoms with Crippen LogP contribution >= 0.6 is 0 Å². The van der Waals surface area contributed by atoms with Crippen molar-refractivity contribution in [2.45, 2.75) is 32.4 Å². The Morgan fingerprint density at radius 3 is 2.80 bits per heavy atom. The van der Waals surface area contributed by atoms with Gasteiger partial charge in [-0.15, -0.1) is 0 Å². The third-order valence-corrected chi connectivity index (χ3v) is 4.28. The average molecular weight is 342 g/mol. The second kappa shape index (κ2) is 7.88. The third-order valence-electron chi connectivity index (χ3n) is 4.28. The van der Waals surface area contributed by atoms with Gasteiger partial charge in [-0.1, -0.05) is 17.7 Å². The molecule has 1 fully saturated rings. The molecule has 1 aliphatic heterocycles. The third kappa shape index (κ3) is 4.41. The SMILES string of the molecule is Cc1ccc(OCC(=O)N2CCC[C@@H]2C(=O)NCc2ccco2)cc1. The summed E-state index contributed by atoms with van der Waals surface area (Å²) >= 11 is 0. The molecule has 1 atom stereocenters. The molecule has 0 bridgehead atoms. The van der Waals surface area contributed by atoms with Gasteiger partial charge in [0.15, 0.2) is 6.61 Å². The van der Waals surface area contributed by atoms with E-state index in [0.29, 0.717) is 31.0 Å². The first kappa shape index (κ1) is 17.1. The number of furan rings is 1. The van der Waals surface area contributed by atoms with E-state index in [2.05, 4.69) is 5.32 Å². The lowest BCUT2D eigenvalue weighted by molar-refractivity contribution is -0.140. The Labute approximate surface area is 146 Å². The fourth-order valence-electron chi connectivity index (χ4n) is 2.91. The van der Waals surface area contributed by atoms with Crippen LogP contribution in [0.3, 0.4) is 0 Å². The van der Waals surface area contributed by atoms with Crippen molar-refractivity contribution in [3.8, 4) is 5.75 Å². The lowest BCUT2D eigenvalue weighted by Crippen LogP contribution is -2.47. The van der Waals surface area contributed by atoms with Gasteiger partial charge in [-0.2, -0.15) is 0 Å². The monoisotopic (exact) mass is 342 g/mol. The highest BCUT2D eigenvalue weighted by atomic mass is 16.5. The highest BCUT2D eigenvalue weighted by molar-refractivity contribution is 5.88. The number of nitrogens with one attached hydrogen (secondary N) is 1. The molecule has 1 aromatic carbocycles. The van der Waals surface area contributed by atoms with Gasteiger partial charge in [-0.05, 0) is 44.0 Å². The summed E-state index contributed by atoms with van der Waals surface area (Å²) in [6.07, 6.45) is 3.05. The Morgan fingerprint density at radius 1 is 1.28 bits per heavy atom. The van der Waals surface area contributed by atoms with Crippen molar-refractivity contribution in [3.05, 3.63) is 54.0 Å². The summed E-state index contributed by atoms with van der Waals surface area (Å²) in [4.78, 5) is 26.4. The Kier molecular flexibility index (Phi) is 5.38. The van der Waals surface area contributed by atoms with E-state index in [4.69, 9.17) is 9.15 Å². The number of carbonyl (C=O) groups is 2. The summed E-state index contributed by atoms with van der Waals surface area (Å²) in [7, 11) is 0. The predicted molar refractivity (Wildman–Crippen MR) is 92.0 cm³/mol. The largest absolute Gasteiger partial charge is 0.484 e. The standard InChI is InChI=1S/C19H22N2O4/c1-14-6-8-15(9-7-14)25-13-18(22)21-10-2-5-17(21)19(23)20-12-16-4-3-11-24-16/h3-4,6-9,11,17H,2,5,10,12-13H2,1H3,(H,20,23)/t17-/m1/s1. The molecule has 1 saturated heterocycles. The van der Waals surface area contributed by atoms with Crippen LogP contribution in [-0.4, -0.2) is 35.9 Å². The number of benzene rings is 1. The number of carbonyl (C=O) groups excluding carboxylic acids is 2. The van der Waals surface area contributed by atoms with Crippen LogP contribution < -0.4 is 10.1 Å². The number of amides is 2. The molecule has 0 aliphatic carbocycles. The van der Waals surface area contributed by atoms with Crippen molar-refractivity contribution in [1.82, 2.24) is 10.2 Å². The minimum atomic E-state index is -0.441. The Bertz CT molecular complexity index is 710. The van der Waals surface area contributed by atoms with Crippen LogP contribution in [0.25, 0.3) is 0 Å². The maximum absolute atomic E-state index is 12.4. The topological polar surface area (TPSA) is 71.8 Å². The Hall–Kier alpha value is -2.76. The van der Waals surface area contributed by atoms with Crippen molar-refractivity contribution in [3.63, 3.8) is 0 Å². The molecule has 0 spiro atoms. The van der Waals surface area contributed by atoms with E-state index < -0.39 is 6.04 Å². The van der Waals surface area contributed by atoms with Crippen molar-refractivity contribution in [1.29, 1.82) is 0 Å². The van der Waals surface area contributed by atoms with Gasteiger partial charge in [-0.3, -0.25) is 9.59 Å². The number of likely N-dealkylation sites (tertiary alicyclic amines) is 1. The van der Waals surface area contributed by atoms with Crippen LogP contribution in [0.4, 0.5) is 0 Å². The van der Waals surface area contributed by atoms with Crippen molar-refractivity contribution in [2.24, 2.45) is 0 Å². The first-order valence-electron chi connectivity index (χ1n) is 8.42. The molecule has 25 heavy (non-hydrogen) atoms. The van der Waals surface area contributed by atoms with E-state index in [1.54, 1.807) is 23.3 Å². The van der Waals surface area contributed by atoms with Gasteiger partial charge in [0.25, 0.3) is 5.91 Å². The average Bonchev–Trinajstić information content (AvgIpc) is 3.30. The van der Waals surface area contributed by atoms with Gasteiger partial charge in [-0.25, -0.2) is 0 Å². The maximum Gasteiger partial charge on any atom is 0.261 e. The molecule has 2 aromatic rings. The Balaban J connectivity index is 1.52. The normalized spacial score (nSPS) is 16.7. The van der Waals surface area contributed by atoms with Gasteiger partial charge in [0, 0.05) is 6.54 Å². The first-order chi connectivity index (χ1) is 12.1. The number of aryl methyl sites for hydroxylation is 1. The van der Waals surface area contributed by atoms with E-state index in [-0.39, 0.29) is 18.4 Å². The Morgan fingerprint density at radius 2 is 2.08 bits per heavy atom. The molecule has 6 nitrogen and oxygen atoms in total. The van der Waals surface area contributed by atoms with Gasteiger partial charge < -0.3 is 19.4 Å². The van der Waals surface area contributed by atoms with E-state index >= 15 is 0 Å². The molecule has 1 aromatic heterocycles. The second-order valence-corrected chi connectivity index (χ2v) is 6.14. The van der Waals surface area contributed by atoms with Crippen molar-refractivity contribution >= 4 is 11.8 Å². The van der Waals surface area contributed by atoms with E-state index in [1.165, 1.54) is 0 Å². The van der Waals surface area contributed by atoms with Gasteiger partial charge >= 0.3 is 0 Å². The summed E-state index contributed by atoms with van der Waals surface area (Å²) in [6.45, 7) is 2.83. The molecule has 6 heteroatoms. The summed E-state index contributed by atoms with van der Waals surface area (Å²) in [6, 6.07) is 10.7. The molecule has 3 rings (SSSR count). The van der Waals surface area contributed by atoms with Gasteiger partial charge in [0.2, 0.25) is 5.91 Å². The number of nitrogens with zero attached hydrogens (tertiary/aromatic N) is 1. The lowest BCUT2D eigenvalue weighted by Gasteiger charge is -2.23. The highest BCUT2D eigenvalue weighted by Crippen LogP contribution is 2.19. The fourth-order valence-corrected chi connectivity index (χ4v) is 2.91. The van der Waals surface area contributed by atoms with Crippen molar-refractivity contribution < 1.29 is 18.7 Å². The maximum atomic E-state index is 12.4. The number of hydrogen-bond donors (Lipinski definition) is 1. The van der Waals surface area contributed by atoms with Crippen LogP contribution in [0.1, 0.15) is 24.2 Å². The first-order valence-corrected chi connectivity index (χ1v) is 8.42. The smallest absolute Gasteiger partial charge is 0.261 e. The summed E-state index contributed by atoms with van der Waals surface area (Å²) in [5, 5.41) is 2.82. The minimum Gasteiger partial charge on any atom is -0.484 e. The van der Waals surface area contributed by atoms with Crippen LogP contribution in [0.5, 0.6) is 5.75 Å². The molecular weight excluding hydrogens is 320 g/mol. The summed E-state index contributed by atoms with van der Waals surface area (Å²) in [5.41, 5.74) is 1.13. The molecule has 0 saturated carbocycles. The molecule has 0 radical (unpaired) electrons.